The third-order valence-corrected chi connectivity index (χ3v) is 11.6. The zero-order valence-corrected chi connectivity index (χ0v) is 33.3. The molecular weight excluding hydrogens is 731 g/mol. The van der Waals surface area contributed by atoms with Crippen molar-refractivity contribution in [1.29, 1.82) is 0 Å². The molecule has 0 fully saturated rings. The zero-order valence-electron chi connectivity index (χ0n) is 33.3. The summed E-state index contributed by atoms with van der Waals surface area (Å²) >= 11 is 0. The average Bonchev–Trinajstić information content (AvgIpc) is 3.89. The number of rotatable bonds is 5. The Morgan fingerprint density at radius 1 is 0.417 bits per heavy atom. The first-order valence-electron chi connectivity index (χ1n) is 20.7. The van der Waals surface area contributed by atoms with Gasteiger partial charge in [0, 0.05) is 43.6 Å². The SMILES string of the molecule is CC.c1ccc(-c2cc(-c3cccc4c3oc3ccccc34)cc(-c3cccc4c5c6ccccc6ccc5n(-c5nc(-c6ccccc6)c6ccccc6n5)c34)c2)cc1. The molecule has 9 aromatic carbocycles. The first-order chi connectivity index (χ1) is 29.8. The maximum atomic E-state index is 6.62. The van der Waals surface area contributed by atoms with Crippen LogP contribution in [0.4, 0.5) is 0 Å². The summed E-state index contributed by atoms with van der Waals surface area (Å²) in [7, 11) is 0. The largest absolute Gasteiger partial charge is 0.455 e. The number of hydrogen-bond donors (Lipinski definition) is 0. The molecule has 4 nitrogen and oxygen atoms in total. The highest BCUT2D eigenvalue weighted by Crippen LogP contribution is 2.44. The van der Waals surface area contributed by atoms with E-state index in [2.05, 4.69) is 187 Å². The van der Waals surface area contributed by atoms with Crippen LogP contribution in [0, 0.1) is 0 Å². The van der Waals surface area contributed by atoms with Crippen molar-refractivity contribution >= 4 is 65.4 Å². The molecule has 0 radical (unpaired) electrons. The Morgan fingerprint density at radius 2 is 1.02 bits per heavy atom. The minimum atomic E-state index is 0.631. The molecule has 0 atom stereocenters. The van der Waals surface area contributed by atoms with Crippen molar-refractivity contribution < 1.29 is 4.42 Å². The van der Waals surface area contributed by atoms with Crippen molar-refractivity contribution in [2.75, 3.05) is 0 Å². The second kappa shape index (κ2) is 14.5. The Hall–Kier alpha value is -7.82. The van der Waals surface area contributed by atoms with Crippen molar-refractivity contribution in [1.82, 2.24) is 14.5 Å². The molecule has 3 heterocycles. The summed E-state index contributed by atoms with van der Waals surface area (Å²) in [4.78, 5) is 10.8. The van der Waals surface area contributed by atoms with Crippen molar-refractivity contribution in [3.63, 3.8) is 0 Å². The molecule has 0 aliphatic rings. The molecule has 12 rings (SSSR count). The summed E-state index contributed by atoms with van der Waals surface area (Å²) in [5, 5.41) is 7.95. The minimum absolute atomic E-state index is 0.631. The fourth-order valence-electron chi connectivity index (χ4n) is 8.97. The number of benzene rings is 9. The van der Waals surface area contributed by atoms with Crippen molar-refractivity contribution in [2.45, 2.75) is 13.8 Å². The van der Waals surface area contributed by atoms with Gasteiger partial charge in [0.1, 0.15) is 11.2 Å². The Labute approximate surface area is 347 Å². The topological polar surface area (TPSA) is 43.9 Å². The lowest BCUT2D eigenvalue weighted by atomic mass is 9.91. The van der Waals surface area contributed by atoms with Crippen LogP contribution in [0.3, 0.4) is 0 Å². The van der Waals surface area contributed by atoms with E-state index in [0.29, 0.717) is 5.95 Å². The van der Waals surface area contributed by atoms with Crippen LogP contribution in [0.15, 0.2) is 205 Å². The van der Waals surface area contributed by atoms with Crippen LogP contribution in [0.25, 0.3) is 116 Å². The van der Waals surface area contributed by atoms with E-state index in [1.807, 2.05) is 32.0 Å². The van der Waals surface area contributed by atoms with Gasteiger partial charge in [0.15, 0.2) is 0 Å². The molecule has 0 unspecified atom stereocenters. The molecule has 0 spiro atoms. The van der Waals surface area contributed by atoms with Gasteiger partial charge in [0.25, 0.3) is 0 Å². The van der Waals surface area contributed by atoms with Crippen LogP contribution in [0.1, 0.15) is 13.8 Å². The third kappa shape index (κ3) is 5.68. The Balaban J connectivity index is 0.00000201. The predicted octanol–water partition coefficient (Wildman–Crippen LogP) is 15.5. The van der Waals surface area contributed by atoms with Crippen molar-refractivity contribution in [2.24, 2.45) is 0 Å². The van der Waals surface area contributed by atoms with Crippen LogP contribution in [-0.2, 0) is 0 Å². The number of fused-ring (bicyclic) bond motifs is 9. The fourth-order valence-corrected chi connectivity index (χ4v) is 8.97. The Bertz CT molecular complexity index is 3560. The number of nitrogens with zero attached hydrogens (tertiary/aromatic N) is 3. The van der Waals surface area contributed by atoms with Crippen LogP contribution in [0.5, 0.6) is 0 Å². The van der Waals surface area contributed by atoms with E-state index in [0.717, 1.165) is 93.9 Å². The van der Waals surface area contributed by atoms with Crippen molar-refractivity contribution in [3.05, 3.63) is 200 Å². The zero-order chi connectivity index (χ0) is 40.2. The summed E-state index contributed by atoms with van der Waals surface area (Å²) in [6.45, 7) is 4.00. The second-order valence-corrected chi connectivity index (χ2v) is 14.9. The van der Waals surface area contributed by atoms with E-state index in [9.17, 15) is 0 Å². The van der Waals surface area contributed by atoms with E-state index in [1.165, 1.54) is 16.2 Å². The van der Waals surface area contributed by atoms with E-state index >= 15 is 0 Å². The van der Waals surface area contributed by atoms with Crippen LogP contribution in [0.2, 0.25) is 0 Å². The molecule has 0 aliphatic heterocycles. The monoisotopic (exact) mass is 769 g/mol. The van der Waals surface area contributed by atoms with Gasteiger partial charge >= 0.3 is 0 Å². The van der Waals surface area contributed by atoms with Gasteiger partial charge < -0.3 is 4.42 Å². The molecule has 0 N–H and O–H groups in total. The van der Waals surface area contributed by atoms with Gasteiger partial charge in [-0.3, -0.25) is 4.57 Å². The normalized spacial score (nSPS) is 11.5. The van der Waals surface area contributed by atoms with Gasteiger partial charge in [-0.2, -0.15) is 0 Å². The summed E-state index contributed by atoms with van der Waals surface area (Å²) in [6.07, 6.45) is 0. The highest BCUT2D eigenvalue weighted by Gasteiger charge is 2.23. The quantitative estimate of drug-likeness (QED) is 0.175. The lowest BCUT2D eigenvalue weighted by Crippen LogP contribution is -2.04. The molecule has 60 heavy (non-hydrogen) atoms. The highest BCUT2D eigenvalue weighted by atomic mass is 16.3. The number of hydrogen-bond acceptors (Lipinski definition) is 3. The number of para-hydroxylation sites is 4. The fraction of sp³-hybridized carbons (Fsp3) is 0.0357. The van der Waals surface area contributed by atoms with Gasteiger partial charge in [-0.05, 0) is 69.4 Å². The summed E-state index contributed by atoms with van der Waals surface area (Å²) in [5.41, 5.74) is 13.3. The van der Waals surface area contributed by atoms with E-state index in [4.69, 9.17) is 14.4 Å². The lowest BCUT2D eigenvalue weighted by molar-refractivity contribution is 0.670. The maximum Gasteiger partial charge on any atom is 0.235 e. The predicted molar refractivity (Wildman–Crippen MR) is 252 cm³/mol. The molecule has 0 aliphatic carbocycles. The first-order valence-corrected chi connectivity index (χ1v) is 20.7. The average molecular weight is 770 g/mol. The second-order valence-electron chi connectivity index (χ2n) is 14.9. The molecule has 3 aromatic heterocycles. The molecule has 4 heteroatoms. The number of aromatic nitrogens is 3. The Morgan fingerprint density at radius 3 is 1.82 bits per heavy atom. The molecular formula is C56H39N3O. The first kappa shape index (κ1) is 35.4. The highest BCUT2D eigenvalue weighted by molar-refractivity contribution is 6.23. The van der Waals surface area contributed by atoms with E-state index in [-0.39, 0.29) is 0 Å². The van der Waals surface area contributed by atoms with Gasteiger partial charge in [-0.15, -0.1) is 0 Å². The molecule has 284 valence electrons. The van der Waals surface area contributed by atoms with E-state index in [1.54, 1.807) is 0 Å². The van der Waals surface area contributed by atoms with E-state index < -0.39 is 0 Å². The number of furan rings is 1. The Kier molecular flexibility index (Phi) is 8.56. The maximum absolute atomic E-state index is 6.62. The molecule has 12 aromatic rings. The van der Waals surface area contributed by atoms with Gasteiger partial charge in [0.2, 0.25) is 5.95 Å². The standard InChI is InChI=1S/C54H33N3O.C2H6/c1-3-15-34(16-4-1)37-31-38(33-39(32-37)42-24-14-25-44-43-21-10-12-28-49(43)58-53(42)44)41-23-13-26-46-50-40-20-8-7-17-35(40)29-30-48(50)57(52(41)46)54-55-47-27-11-9-22-45(47)51(56-54)36-18-5-2-6-19-36;1-2/h1-33H;1-2H3. The van der Waals surface area contributed by atoms with Gasteiger partial charge in [-0.25, -0.2) is 9.97 Å². The molecule has 0 amide bonds. The van der Waals surface area contributed by atoms with Crippen LogP contribution < -0.4 is 0 Å². The molecule has 0 saturated carbocycles. The van der Waals surface area contributed by atoms with Gasteiger partial charge in [0.05, 0.1) is 22.2 Å². The van der Waals surface area contributed by atoms with Gasteiger partial charge in [-0.1, -0.05) is 178 Å². The van der Waals surface area contributed by atoms with Crippen LogP contribution in [-0.4, -0.2) is 14.5 Å². The minimum Gasteiger partial charge on any atom is -0.455 e. The van der Waals surface area contributed by atoms with Crippen LogP contribution >= 0.6 is 0 Å². The summed E-state index contributed by atoms with van der Waals surface area (Å²) in [5.74, 6) is 0.631. The molecule has 0 bridgehead atoms. The van der Waals surface area contributed by atoms with Crippen molar-refractivity contribution in [3.8, 4) is 50.6 Å². The third-order valence-electron chi connectivity index (χ3n) is 11.6. The lowest BCUT2D eigenvalue weighted by Gasteiger charge is -2.15. The summed E-state index contributed by atoms with van der Waals surface area (Å²) < 4.78 is 8.91. The smallest absolute Gasteiger partial charge is 0.235 e. The molecule has 0 saturated heterocycles. The summed E-state index contributed by atoms with van der Waals surface area (Å²) in [6, 6.07) is 70.9.